The molecule has 1 atom stereocenters. The molecule has 3 aromatic heterocycles. The summed E-state index contributed by atoms with van der Waals surface area (Å²) in [6.07, 6.45) is 8.69. The van der Waals surface area contributed by atoms with Crippen LogP contribution in [0.5, 0.6) is 5.75 Å². The minimum absolute atomic E-state index is 0.0895. The lowest BCUT2D eigenvalue weighted by Gasteiger charge is -2.46. The van der Waals surface area contributed by atoms with E-state index < -0.39 is 34.5 Å². The van der Waals surface area contributed by atoms with Gasteiger partial charge in [0.15, 0.2) is 0 Å². The predicted octanol–water partition coefficient (Wildman–Crippen LogP) is 5.28. The number of nitrogens with one attached hydrogen (secondary N) is 2. The zero-order valence-electron chi connectivity index (χ0n) is 41.2. The molecular weight excluding hydrogens is 937 g/mol. The number of fused-ring (bicyclic) bond motifs is 2. The Morgan fingerprint density at radius 1 is 0.904 bits per heavy atom. The molecule has 5 aromatic rings. The number of ether oxygens (including phenoxy) is 1. The fourth-order valence-corrected chi connectivity index (χ4v) is 11.4. The van der Waals surface area contributed by atoms with Crippen LogP contribution in [0.2, 0.25) is 0 Å². The van der Waals surface area contributed by atoms with Crippen molar-refractivity contribution in [3.63, 3.8) is 0 Å². The molecule has 4 saturated heterocycles. The van der Waals surface area contributed by atoms with E-state index in [1.807, 2.05) is 42.2 Å². The second kappa shape index (κ2) is 20.3. The monoisotopic (exact) mass is 995 g/mol. The SMILES string of the molecule is CCOc1cc(-c2ccc(N3CCC(CN4CCN(C(=O)CCN5CCC(c6ccc7c(c6)C(=O)N(C6(C)CCC(=O)NC6=O)C7)CC5)CC4)(NC(=O)c4cc(F)ccc4F)CC3)nc2)c2c(C#N)cnn2c1. The van der Waals surface area contributed by atoms with E-state index in [-0.39, 0.29) is 35.6 Å². The summed E-state index contributed by atoms with van der Waals surface area (Å²) in [5.41, 5.74) is 3.01. The van der Waals surface area contributed by atoms with E-state index in [2.05, 4.69) is 42.6 Å². The second-order valence-electron chi connectivity index (χ2n) is 20.2. The van der Waals surface area contributed by atoms with Crippen molar-refractivity contribution >= 4 is 40.9 Å². The summed E-state index contributed by atoms with van der Waals surface area (Å²) in [7, 11) is 0. The van der Waals surface area contributed by atoms with Crippen LogP contribution in [0.4, 0.5) is 14.6 Å². The predicted molar refractivity (Wildman–Crippen MR) is 265 cm³/mol. The molecule has 0 radical (unpaired) electrons. The molecule has 8 heterocycles. The number of piperidine rings is 3. The van der Waals surface area contributed by atoms with Gasteiger partial charge in [-0.2, -0.15) is 10.4 Å². The summed E-state index contributed by atoms with van der Waals surface area (Å²) in [6.45, 7) is 10.4. The minimum atomic E-state index is -1.08. The molecule has 2 N–H and O–H groups in total. The molecule has 73 heavy (non-hydrogen) atoms. The first-order valence-electron chi connectivity index (χ1n) is 25.3. The largest absolute Gasteiger partial charge is 0.492 e. The highest BCUT2D eigenvalue weighted by molar-refractivity contribution is 6.07. The lowest BCUT2D eigenvalue weighted by Crippen LogP contribution is -2.62. The van der Waals surface area contributed by atoms with Crippen molar-refractivity contribution < 1.29 is 37.5 Å². The van der Waals surface area contributed by atoms with E-state index in [1.54, 1.807) is 28.7 Å². The van der Waals surface area contributed by atoms with Crippen LogP contribution in [0.1, 0.15) is 102 Å². The number of imide groups is 1. The van der Waals surface area contributed by atoms with Gasteiger partial charge < -0.3 is 29.7 Å². The number of carbonyl (C=O) groups excluding carboxylic acids is 5. The number of aromatic nitrogens is 3. The van der Waals surface area contributed by atoms with E-state index in [4.69, 9.17) is 9.72 Å². The molecule has 5 aliphatic heterocycles. The Balaban J connectivity index is 0.731. The van der Waals surface area contributed by atoms with Crippen molar-refractivity contribution in [1.82, 2.24) is 44.8 Å². The number of anilines is 1. The van der Waals surface area contributed by atoms with Gasteiger partial charge >= 0.3 is 0 Å². The molecular formula is C54H59F2N11O6. The number of halogens is 2. The van der Waals surface area contributed by atoms with Crippen LogP contribution in [-0.4, -0.2) is 147 Å². The number of rotatable bonds is 13. The first-order valence-corrected chi connectivity index (χ1v) is 25.3. The number of pyridine rings is 2. The highest BCUT2D eigenvalue weighted by Gasteiger charge is 2.48. The van der Waals surface area contributed by atoms with Gasteiger partial charge in [-0.05, 0) is 119 Å². The molecule has 0 spiro atoms. The molecule has 0 saturated carbocycles. The van der Waals surface area contributed by atoms with Crippen LogP contribution in [0.25, 0.3) is 16.6 Å². The van der Waals surface area contributed by atoms with E-state index in [9.17, 15) is 38.0 Å². The Morgan fingerprint density at radius 3 is 2.40 bits per heavy atom. The molecule has 380 valence electrons. The molecule has 4 fully saturated rings. The third-order valence-electron chi connectivity index (χ3n) is 15.7. The van der Waals surface area contributed by atoms with Gasteiger partial charge in [0, 0.05) is 94.6 Å². The quantitative estimate of drug-likeness (QED) is 0.146. The fraction of sp³-hybridized carbons (Fsp3) is 0.444. The zero-order valence-corrected chi connectivity index (χ0v) is 41.2. The average Bonchev–Trinajstić information content (AvgIpc) is 3.98. The molecule has 1 unspecified atom stereocenters. The number of hydrogen-bond donors (Lipinski definition) is 2. The van der Waals surface area contributed by atoms with Crippen LogP contribution in [0.15, 0.2) is 73.2 Å². The Morgan fingerprint density at radius 2 is 1.68 bits per heavy atom. The maximum absolute atomic E-state index is 14.9. The number of carbonyl (C=O) groups is 5. The minimum Gasteiger partial charge on any atom is -0.492 e. The number of hydrogen-bond acceptors (Lipinski definition) is 12. The lowest BCUT2D eigenvalue weighted by molar-refractivity contribution is -0.142. The maximum Gasteiger partial charge on any atom is 0.255 e. The van der Waals surface area contributed by atoms with Crippen LogP contribution >= 0.6 is 0 Å². The summed E-state index contributed by atoms with van der Waals surface area (Å²) in [5.74, 6) is -1.43. The third-order valence-corrected chi connectivity index (χ3v) is 15.7. The summed E-state index contributed by atoms with van der Waals surface area (Å²) in [6, 6.07) is 16.9. The van der Waals surface area contributed by atoms with Gasteiger partial charge in [-0.1, -0.05) is 12.1 Å². The molecule has 10 rings (SSSR count). The number of benzene rings is 2. The molecule has 0 aliphatic carbocycles. The van der Waals surface area contributed by atoms with Crippen molar-refractivity contribution in [1.29, 1.82) is 5.26 Å². The Hall–Kier alpha value is -7.30. The molecule has 19 heteroatoms. The summed E-state index contributed by atoms with van der Waals surface area (Å²) < 4.78 is 36.7. The smallest absolute Gasteiger partial charge is 0.255 e. The van der Waals surface area contributed by atoms with Crippen LogP contribution < -0.4 is 20.3 Å². The van der Waals surface area contributed by atoms with Gasteiger partial charge in [0.05, 0.1) is 41.2 Å². The highest BCUT2D eigenvalue weighted by Crippen LogP contribution is 2.38. The fourth-order valence-electron chi connectivity index (χ4n) is 11.4. The van der Waals surface area contributed by atoms with Gasteiger partial charge in [-0.15, -0.1) is 0 Å². The Bertz CT molecular complexity index is 3010. The third kappa shape index (κ3) is 9.97. The number of piperazine rings is 1. The second-order valence-corrected chi connectivity index (χ2v) is 20.2. The normalized spacial score (nSPS) is 20.8. The first-order chi connectivity index (χ1) is 35.2. The lowest BCUT2D eigenvalue weighted by atomic mass is 9.86. The summed E-state index contributed by atoms with van der Waals surface area (Å²) in [5, 5.41) is 19.7. The topological polar surface area (TPSA) is 189 Å². The maximum atomic E-state index is 14.9. The van der Waals surface area contributed by atoms with Crippen molar-refractivity contribution in [2.45, 2.75) is 82.3 Å². The summed E-state index contributed by atoms with van der Waals surface area (Å²) >= 11 is 0. The molecule has 2 aromatic carbocycles. The number of likely N-dealkylation sites (tertiary alicyclic amines) is 1. The van der Waals surface area contributed by atoms with Crippen molar-refractivity contribution in [3.8, 4) is 22.9 Å². The van der Waals surface area contributed by atoms with Gasteiger partial charge in [0.1, 0.15) is 34.8 Å². The van der Waals surface area contributed by atoms with E-state index in [0.29, 0.717) is 114 Å². The number of amides is 5. The van der Waals surface area contributed by atoms with Crippen molar-refractivity contribution in [2.24, 2.45) is 0 Å². The van der Waals surface area contributed by atoms with Crippen LogP contribution in [-0.2, 0) is 20.9 Å². The molecule has 5 amide bonds. The number of nitrogens with zero attached hydrogens (tertiary/aromatic N) is 9. The average molecular weight is 996 g/mol. The van der Waals surface area contributed by atoms with Gasteiger partial charge in [-0.3, -0.25) is 34.2 Å². The zero-order chi connectivity index (χ0) is 51.0. The Kier molecular flexibility index (Phi) is 13.7. The number of nitriles is 1. The molecule has 17 nitrogen and oxygen atoms in total. The molecule has 0 bridgehead atoms. The van der Waals surface area contributed by atoms with Gasteiger partial charge in [0.25, 0.3) is 17.7 Å². The van der Waals surface area contributed by atoms with Gasteiger partial charge in [-0.25, -0.2) is 18.3 Å². The van der Waals surface area contributed by atoms with E-state index >= 15 is 0 Å². The van der Waals surface area contributed by atoms with Crippen LogP contribution in [0.3, 0.4) is 0 Å². The first kappa shape index (κ1) is 49.3. The van der Waals surface area contributed by atoms with Crippen molar-refractivity contribution in [2.75, 3.05) is 77.0 Å². The molecule has 5 aliphatic rings. The van der Waals surface area contributed by atoms with E-state index in [1.165, 1.54) is 6.20 Å². The highest BCUT2D eigenvalue weighted by atomic mass is 19.1. The Labute approximate surface area is 422 Å². The summed E-state index contributed by atoms with van der Waals surface area (Å²) in [4.78, 5) is 80.7. The van der Waals surface area contributed by atoms with Gasteiger partial charge in [0.2, 0.25) is 11.8 Å². The van der Waals surface area contributed by atoms with Crippen LogP contribution in [0, 0.1) is 23.0 Å². The van der Waals surface area contributed by atoms with E-state index in [0.717, 1.165) is 72.2 Å². The standard InChI is InChI=1S/C54H59F2N11O6/c1-3-73-41-28-42(49-39(29-57)31-59-67(49)33-41)37-6-9-46(58-30-37)64-20-15-54(16-21-64,61-50(70)44-27-40(55)7-8-45(44)56)34-63-22-24-65(25-23-63)48(69)13-19-62-17-11-35(12-18-62)36-4-5-38-32-66(51(71)43(38)26-36)53(2)14-10-47(68)60-52(53)72/h4-9,26-28,30-31,33,35H,3,10-25,32,34H2,1-2H3,(H,61,70)(H,60,68,72). The van der Waals surface area contributed by atoms with Crippen molar-refractivity contribution in [3.05, 3.63) is 113 Å².